The lowest BCUT2D eigenvalue weighted by Gasteiger charge is -2.21. The quantitative estimate of drug-likeness (QED) is 0.792. The molecule has 0 saturated heterocycles. The Morgan fingerprint density at radius 2 is 2.05 bits per heavy atom. The van der Waals surface area contributed by atoms with Crippen molar-refractivity contribution in [2.45, 2.75) is 33.1 Å². The van der Waals surface area contributed by atoms with Crippen LogP contribution in [-0.4, -0.2) is 28.9 Å². The summed E-state index contributed by atoms with van der Waals surface area (Å²) in [6.45, 7) is 5.82. The smallest absolute Gasteiger partial charge is 0.265 e. The zero-order valence-electron chi connectivity index (χ0n) is 13.2. The minimum Gasteiger partial charge on any atom is -0.338 e. The van der Waals surface area contributed by atoms with Crippen LogP contribution in [0.15, 0.2) is 30.3 Å². The van der Waals surface area contributed by atoms with E-state index in [0.717, 1.165) is 46.6 Å². The minimum absolute atomic E-state index is 0.158. The van der Waals surface area contributed by atoms with E-state index in [4.69, 9.17) is 0 Å². The Labute approximate surface area is 136 Å². The maximum Gasteiger partial charge on any atom is 0.265 e. The number of aryl methyl sites for hydroxylation is 1. The van der Waals surface area contributed by atoms with Gasteiger partial charge in [0, 0.05) is 18.7 Å². The molecule has 3 rings (SSSR count). The fourth-order valence-electron chi connectivity index (χ4n) is 2.60. The van der Waals surface area contributed by atoms with Crippen molar-refractivity contribution < 1.29 is 4.79 Å². The van der Waals surface area contributed by atoms with Crippen molar-refractivity contribution in [2.24, 2.45) is 5.92 Å². The van der Waals surface area contributed by atoms with Crippen molar-refractivity contribution in [3.63, 3.8) is 0 Å². The fraction of sp³-hybridized carbons (Fsp3) is 0.444. The monoisotopic (exact) mass is 314 g/mol. The molecular formula is C18H22N2OS. The van der Waals surface area contributed by atoms with Crippen LogP contribution >= 0.6 is 11.3 Å². The first-order chi connectivity index (χ1) is 10.7. The van der Waals surface area contributed by atoms with Crippen LogP contribution in [-0.2, 0) is 0 Å². The molecule has 0 N–H and O–H groups in total. The van der Waals surface area contributed by atoms with E-state index in [1.54, 1.807) is 0 Å². The van der Waals surface area contributed by atoms with Gasteiger partial charge < -0.3 is 4.90 Å². The summed E-state index contributed by atoms with van der Waals surface area (Å²) in [6.07, 6.45) is 3.54. The first-order valence-electron chi connectivity index (χ1n) is 8.01. The predicted molar refractivity (Wildman–Crippen MR) is 91.2 cm³/mol. The van der Waals surface area contributed by atoms with Gasteiger partial charge in [0.1, 0.15) is 9.88 Å². The molecule has 1 aromatic carbocycles. The van der Waals surface area contributed by atoms with Crippen LogP contribution in [0.25, 0.3) is 10.6 Å². The number of rotatable bonds is 6. The first kappa shape index (κ1) is 15.2. The van der Waals surface area contributed by atoms with Crippen molar-refractivity contribution in [3.05, 3.63) is 40.9 Å². The maximum atomic E-state index is 12.9. The topological polar surface area (TPSA) is 33.2 Å². The second-order valence-electron chi connectivity index (χ2n) is 5.99. The van der Waals surface area contributed by atoms with Gasteiger partial charge in [0.25, 0.3) is 5.91 Å². The van der Waals surface area contributed by atoms with E-state index in [1.807, 2.05) is 42.2 Å². The number of thiazole rings is 1. The SMILES string of the molecule is CCCN(CC1CC1)C(=O)c1sc(-c2ccccc2)nc1C. The van der Waals surface area contributed by atoms with Crippen molar-refractivity contribution in [3.8, 4) is 10.6 Å². The van der Waals surface area contributed by atoms with Crippen LogP contribution in [0.2, 0.25) is 0 Å². The number of benzene rings is 1. The summed E-state index contributed by atoms with van der Waals surface area (Å²) in [6, 6.07) is 10.1. The molecule has 0 bridgehead atoms. The van der Waals surface area contributed by atoms with Gasteiger partial charge in [0.05, 0.1) is 5.69 Å². The highest BCUT2D eigenvalue weighted by Crippen LogP contribution is 2.32. The number of carbonyl (C=O) groups excluding carboxylic acids is 1. The Kier molecular flexibility index (Phi) is 4.57. The number of aromatic nitrogens is 1. The zero-order valence-corrected chi connectivity index (χ0v) is 14.0. The lowest BCUT2D eigenvalue weighted by Crippen LogP contribution is -2.33. The molecule has 1 aliphatic carbocycles. The van der Waals surface area contributed by atoms with E-state index in [-0.39, 0.29) is 5.91 Å². The molecule has 1 aliphatic rings. The third-order valence-electron chi connectivity index (χ3n) is 3.97. The number of hydrogen-bond donors (Lipinski definition) is 0. The Bertz CT molecular complexity index is 646. The van der Waals surface area contributed by atoms with E-state index in [2.05, 4.69) is 11.9 Å². The molecular weight excluding hydrogens is 292 g/mol. The van der Waals surface area contributed by atoms with Gasteiger partial charge in [0.2, 0.25) is 0 Å². The van der Waals surface area contributed by atoms with E-state index >= 15 is 0 Å². The fourth-order valence-corrected chi connectivity index (χ4v) is 3.64. The van der Waals surface area contributed by atoms with Gasteiger partial charge in [0.15, 0.2) is 0 Å². The molecule has 22 heavy (non-hydrogen) atoms. The molecule has 0 unspecified atom stereocenters. The normalized spacial score (nSPS) is 14.1. The second-order valence-corrected chi connectivity index (χ2v) is 6.99. The van der Waals surface area contributed by atoms with Gasteiger partial charge in [-0.3, -0.25) is 4.79 Å². The molecule has 116 valence electrons. The third-order valence-corrected chi connectivity index (χ3v) is 5.16. The third kappa shape index (κ3) is 3.38. The molecule has 0 spiro atoms. The molecule has 1 heterocycles. The molecule has 1 saturated carbocycles. The summed E-state index contributed by atoms with van der Waals surface area (Å²) in [5.74, 6) is 0.878. The molecule has 1 aromatic heterocycles. The molecule has 0 aliphatic heterocycles. The molecule has 0 radical (unpaired) electrons. The van der Waals surface area contributed by atoms with Crippen molar-refractivity contribution in [1.82, 2.24) is 9.88 Å². The predicted octanol–water partition coefficient (Wildman–Crippen LogP) is 4.38. The van der Waals surface area contributed by atoms with Crippen LogP contribution in [0.4, 0.5) is 0 Å². The number of amides is 1. The largest absolute Gasteiger partial charge is 0.338 e. The maximum absolute atomic E-state index is 12.9. The molecule has 0 atom stereocenters. The molecule has 1 fully saturated rings. The van der Waals surface area contributed by atoms with Crippen LogP contribution in [0, 0.1) is 12.8 Å². The average Bonchev–Trinajstić information content (AvgIpc) is 3.27. The Hall–Kier alpha value is -1.68. The summed E-state index contributed by atoms with van der Waals surface area (Å²) in [7, 11) is 0. The zero-order chi connectivity index (χ0) is 15.5. The standard InChI is InChI=1S/C18H22N2OS/c1-3-11-20(12-14-9-10-14)18(21)16-13(2)19-17(22-16)15-7-5-4-6-8-15/h4-8,14H,3,9-12H2,1-2H3. The lowest BCUT2D eigenvalue weighted by atomic mass is 10.2. The molecule has 3 nitrogen and oxygen atoms in total. The highest BCUT2D eigenvalue weighted by molar-refractivity contribution is 7.17. The van der Waals surface area contributed by atoms with Gasteiger partial charge in [-0.1, -0.05) is 37.3 Å². The number of carbonyl (C=O) groups is 1. The van der Waals surface area contributed by atoms with Crippen LogP contribution in [0.1, 0.15) is 41.6 Å². The average molecular weight is 314 g/mol. The van der Waals surface area contributed by atoms with Gasteiger partial charge >= 0.3 is 0 Å². The minimum atomic E-state index is 0.158. The van der Waals surface area contributed by atoms with Crippen LogP contribution in [0.3, 0.4) is 0 Å². The lowest BCUT2D eigenvalue weighted by molar-refractivity contribution is 0.0751. The Morgan fingerprint density at radius 1 is 1.32 bits per heavy atom. The highest BCUT2D eigenvalue weighted by atomic mass is 32.1. The van der Waals surface area contributed by atoms with E-state index < -0.39 is 0 Å². The van der Waals surface area contributed by atoms with Crippen molar-refractivity contribution in [1.29, 1.82) is 0 Å². The summed E-state index contributed by atoms with van der Waals surface area (Å²) >= 11 is 1.52. The van der Waals surface area contributed by atoms with Crippen LogP contribution in [0.5, 0.6) is 0 Å². The summed E-state index contributed by atoms with van der Waals surface area (Å²) in [4.78, 5) is 20.3. The second kappa shape index (κ2) is 6.61. The van der Waals surface area contributed by atoms with Gasteiger partial charge in [-0.05, 0) is 32.1 Å². The van der Waals surface area contributed by atoms with E-state index in [1.165, 1.54) is 24.2 Å². The van der Waals surface area contributed by atoms with Crippen LogP contribution < -0.4 is 0 Å². The van der Waals surface area contributed by atoms with Gasteiger partial charge in [-0.25, -0.2) is 4.98 Å². The van der Waals surface area contributed by atoms with E-state index in [0.29, 0.717) is 0 Å². The Balaban J connectivity index is 1.83. The van der Waals surface area contributed by atoms with Crippen molar-refractivity contribution >= 4 is 17.2 Å². The first-order valence-corrected chi connectivity index (χ1v) is 8.82. The van der Waals surface area contributed by atoms with Gasteiger partial charge in [-0.2, -0.15) is 0 Å². The summed E-state index contributed by atoms with van der Waals surface area (Å²) in [5.41, 5.74) is 1.93. The number of hydrogen-bond acceptors (Lipinski definition) is 3. The molecule has 2 aromatic rings. The summed E-state index contributed by atoms with van der Waals surface area (Å²) < 4.78 is 0. The molecule has 1 amide bonds. The van der Waals surface area contributed by atoms with Crippen molar-refractivity contribution in [2.75, 3.05) is 13.1 Å². The highest BCUT2D eigenvalue weighted by Gasteiger charge is 2.28. The summed E-state index contributed by atoms with van der Waals surface area (Å²) in [5, 5.41) is 0.935. The molecule has 4 heteroatoms. The Morgan fingerprint density at radius 3 is 2.68 bits per heavy atom. The van der Waals surface area contributed by atoms with Gasteiger partial charge in [-0.15, -0.1) is 11.3 Å². The number of nitrogens with zero attached hydrogens (tertiary/aromatic N) is 2. The van der Waals surface area contributed by atoms with E-state index in [9.17, 15) is 4.79 Å².